The van der Waals surface area contributed by atoms with E-state index in [9.17, 15) is 5.11 Å². The highest BCUT2D eigenvalue weighted by Gasteiger charge is 2.22. The van der Waals surface area contributed by atoms with Crippen LogP contribution in [0.1, 0.15) is 17.2 Å². The number of ether oxygens (including phenoxy) is 2. The van der Waals surface area contributed by atoms with E-state index in [1.807, 2.05) is 25.2 Å². The van der Waals surface area contributed by atoms with Crippen LogP contribution in [0.15, 0.2) is 30.6 Å². The molecule has 1 aliphatic rings. The Morgan fingerprint density at radius 3 is 2.94 bits per heavy atom. The van der Waals surface area contributed by atoms with E-state index in [0.29, 0.717) is 30.3 Å². The number of aryl methyl sites for hydroxylation is 1. The van der Waals surface area contributed by atoms with Crippen LogP contribution in [0, 0.1) is 0 Å². The molecule has 0 spiro atoms. The molecule has 2 heterocycles. The zero-order chi connectivity index (χ0) is 12.5. The maximum absolute atomic E-state index is 10.4. The average molecular weight is 246 g/mol. The van der Waals surface area contributed by atoms with Gasteiger partial charge in [-0.2, -0.15) is 5.10 Å². The highest BCUT2D eigenvalue weighted by Crippen LogP contribution is 2.38. The predicted molar refractivity (Wildman–Crippen MR) is 64.7 cm³/mol. The van der Waals surface area contributed by atoms with Gasteiger partial charge in [0, 0.05) is 24.4 Å². The molecule has 0 saturated heterocycles. The lowest BCUT2D eigenvalue weighted by Crippen LogP contribution is -2.17. The molecule has 1 atom stereocenters. The smallest absolute Gasteiger partial charge is 0.167 e. The average Bonchev–Trinajstić information content (AvgIpc) is 2.84. The van der Waals surface area contributed by atoms with E-state index < -0.39 is 6.10 Å². The fourth-order valence-corrected chi connectivity index (χ4v) is 2.07. The molecule has 5 nitrogen and oxygen atoms in total. The molecule has 0 saturated carbocycles. The van der Waals surface area contributed by atoms with Crippen molar-refractivity contribution in [3.8, 4) is 11.5 Å². The minimum Gasteiger partial charge on any atom is -0.486 e. The van der Waals surface area contributed by atoms with Crippen molar-refractivity contribution in [1.29, 1.82) is 0 Å². The molecule has 3 rings (SSSR count). The van der Waals surface area contributed by atoms with Crippen LogP contribution in [0.3, 0.4) is 0 Å². The molecule has 1 aromatic carbocycles. The van der Waals surface area contributed by atoms with Gasteiger partial charge in [-0.05, 0) is 6.07 Å². The lowest BCUT2D eigenvalue weighted by molar-refractivity contribution is 0.158. The first-order chi connectivity index (χ1) is 8.75. The lowest BCUT2D eigenvalue weighted by atomic mass is 10.0. The Labute approximate surface area is 105 Å². The normalized spacial score (nSPS) is 15.4. The summed E-state index contributed by atoms with van der Waals surface area (Å²) >= 11 is 0. The molecule has 1 aromatic heterocycles. The lowest BCUT2D eigenvalue weighted by Gasteiger charge is -2.22. The van der Waals surface area contributed by atoms with E-state index in [2.05, 4.69) is 5.10 Å². The first-order valence-electron chi connectivity index (χ1n) is 5.81. The van der Waals surface area contributed by atoms with Crippen molar-refractivity contribution in [2.75, 3.05) is 13.2 Å². The summed E-state index contributed by atoms with van der Waals surface area (Å²) in [6.07, 6.45) is 2.68. The molecule has 0 fully saturated rings. The summed E-state index contributed by atoms with van der Waals surface area (Å²) in [4.78, 5) is 0. The van der Waals surface area contributed by atoms with E-state index in [0.717, 1.165) is 5.56 Å². The summed E-state index contributed by atoms with van der Waals surface area (Å²) in [5.41, 5.74) is 1.44. The van der Waals surface area contributed by atoms with Crippen LogP contribution in [-0.2, 0) is 7.05 Å². The van der Waals surface area contributed by atoms with Crippen molar-refractivity contribution in [3.05, 3.63) is 41.7 Å². The van der Waals surface area contributed by atoms with E-state index in [4.69, 9.17) is 9.47 Å². The minimum absolute atomic E-state index is 0.504. The number of hydrogen-bond acceptors (Lipinski definition) is 4. The number of rotatable bonds is 2. The van der Waals surface area contributed by atoms with Crippen molar-refractivity contribution < 1.29 is 14.6 Å². The molecule has 1 aliphatic heterocycles. The highest BCUT2D eigenvalue weighted by atomic mass is 16.6. The molecule has 2 aromatic rings. The number of fused-ring (bicyclic) bond motifs is 1. The van der Waals surface area contributed by atoms with Gasteiger partial charge in [-0.25, -0.2) is 0 Å². The Hall–Kier alpha value is -2.01. The predicted octanol–water partition coefficient (Wildman–Crippen LogP) is 1.27. The Kier molecular flexibility index (Phi) is 2.68. The van der Waals surface area contributed by atoms with Crippen molar-refractivity contribution >= 4 is 0 Å². The molecular formula is C13H14N2O3. The molecular weight excluding hydrogens is 232 g/mol. The van der Waals surface area contributed by atoms with Crippen LogP contribution < -0.4 is 9.47 Å². The standard InChI is InChI=1S/C13H14N2O3/c1-15-8-9(7-14-15)12(16)10-3-2-4-11-13(10)18-6-5-17-11/h2-4,7-8,12,16H,5-6H2,1H3. The van der Waals surface area contributed by atoms with Crippen molar-refractivity contribution in [2.45, 2.75) is 6.10 Å². The van der Waals surface area contributed by atoms with Gasteiger partial charge in [-0.15, -0.1) is 0 Å². The number of aliphatic hydroxyl groups excluding tert-OH is 1. The maximum Gasteiger partial charge on any atom is 0.167 e. The summed E-state index contributed by atoms with van der Waals surface area (Å²) in [5.74, 6) is 1.31. The van der Waals surface area contributed by atoms with Crippen LogP contribution in [0.4, 0.5) is 0 Å². The molecule has 5 heteroatoms. The van der Waals surface area contributed by atoms with E-state index in [-0.39, 0.29) is 0 Å². The van der Waals surface area contributed by atoms with Crippen LogP contribution in [0.5, 0.6) is 11.5 Å². The van der Waals surface area contributed by atoms with Gasteiger partial charge < -0.3 is 14.6 Å². The number of nitrogens with zero attached hydrogens (tertiary/aromatic N) is 2. The SMILES string of the molecule is Cn1cc(C(O)c2cccc3c2OCCO3)cn1. The largest absolute Gasteiger partial charge is 0.486 e. The highest BCUT2D eigenvalue weighted by molar-refractivity contribution is 5.50. The van der Waals surface area contributed by atoms with E-state index >= 15 is 0 Å². The van der Waals surface area contributed by atoms with Gasteiger partial charge in [0.2, 0.25) is 0 Å². The molecule has 0 bridgehead atoms. The van der Waals surface area contributed by atoms with Gasteiger partial charge in [0.15, 0.2) is 11.5 Å². The van der Waals surface area contributed by atoms with Gasteiger partial charge in [0.25, 0.3) is 0 Å². The van der Waals surface area contributed by atoms with Crippen LogP contribution in [0.25, 0.3) is 0 Å². The van der Waals surface area contributed by atoms with Gasteiger partial charge in [0.1, 0.15) is 19.3 Å². The number of aliphatic hydroxyl groups is 1. The second-order valence-corrected chi connectivity index (χ2v) is 4.22. The number of benzene rings is 1. The first kappa shape index (κ1) is 11.1. The minimum atomic E-state index is -0.754. The van der Waals surface area contributed by atoms with Crippen LogP contribution in [0.2, 0.25) is 0 Å². The van der Waals surface area contributed by atoms with Gasteiger partial charge in [-0.1, -0.05) is 12.1 Å². The van der Waals surface area contributed by atoms with Crippen LogP contribution in [-0.4, -0.2) is 28.1 Å². The van der Waals surface area contributed by atoms with Crippen molar-refractivity contribution in [1.82, 2.24) is 9.78 Å². The fourth-order valence-electron chi connectivity index (χ4n) is 2.07. The van der Waals surface area contributed by atoms with E-state index in [1.165, 1.54) is 0 Å². The molecule has 1 N–H and O–H groups in total. The molecule has 0 radical (unpaired) electrons. The van der Waals surface area contributed by atoms with Gasteiger partial charge in [0.05, 0.1) is 6.20 Å². The van der Waals surface area contributed by atoms with E-state index in [1.54, 1.807) is 17.1 Å². The summed E-state index contributed by atoms with van der Waals surface area (Å²) in [6, 6.07) is 5.53. The zero-order valence-electron chi connectivity index (χ0n) is 10.0. The fraction of sp³-hybridized carbons (Fsp3) is 0.308. The second-order valence-electron chi connectivity index (χ2n) is 4.22. The maximum atomic E-state index is 10.4. The number of aromatic nitrogens is 2. The summed E-state index contributed by atoms with van der Waals surface area (Å²) < 4.78 is 12.7. The first-order valence-corrected chi connectivity index (χ1v) is 5.81. The third-order valence-corrected chi connectivity index (χ3v) is 2.93. The molecule has 0 aliphatic carbocycles. The Bertz CT molecular complexity index is 565. The topological polar surface area (TPSA) is 56.5 Å². The third kappa shape index (κ3) is 1.82. The quantitative estimate of drug-likeness (QED) is 0.867. The monoisotopic (exact) mass is 246 g/mol. The van der Waals surface area contributed by atoms with Crippen LogP contribution >= 0.6 is 0 Å². The molecule has 1 unspecified atom stereocenters. The molecule has 18 heavy (non-hydrogen) atoms. The summed E-state index contributed by atoms with van der Waals surface area (Å²) in [5, 5.41) is 14.4. The Morgan fingerprint density at radius 1 is 1.33 bits per heavy atom. The third-order valence-electron chi connectivity index (χ3n) is 2.93. The van der Waals surface area contributed by atoms with Gasteiger partial charge >= 0.3 is 0 Å². The van der Waals surface area contributed by atoms with Gasteiger partial charge in [-0.3, -0.25) is 4.68 Å². The second kappa shape index (κ2) is 4.34. The molecule has 0 amide bonds. The Balaban J connectivity index is 2.01. The summed E-state index contributed by atoms with van der Waals surface area (Å²) in [7, 11) is 1.82. The van der Waals surface area contributed by atoms with Crippen molar-refractivity contribution in [2.24, 2.45) is 7.05 Å². The molecule has 94 valence electrons. The number of hydrogen-bond donors (Lipinski definition) is 1. The van der Waals surface area contributed by atoms with Crippen molar-refractivity contribution in [3.63, 3.8) is 0 Å². The Morgan fingerprint density at radius 2 is 2.17 bits per heavy atom. The summed E-state index contributed by atoms with van der Waals surface area (Å²) in [6.45, 7) is 1.04. The zero-order valence-corrected chi connectivity index (χ0v) is 10.0. The number of para-hydroxylation sites is 1.